The molecule has 100 valence electrons. The van der Waals surface area contributed by atoms with E-state index < -0.39 is 0 Å². The average Bonchev–Trinajstić information content (AvgIpc) is 2.79. The van der Waals surface area contributed by atoms with Crippen LogP contribution in [-0.2, 0) is 19.3 Å². The normalized spacial score (nSPS) is 22.3. The van der Waals surface area contributed by atoms with E-state index in [1.807, 2.05) is 11.3 Å². The summed E-state index contributed by atoms with van der Waals surface area (Å²) in [5.41, 5.74) is 11.8. The summed E-state index contributed by atoms with van der Waals surface area (Å²) in [6.07, 6.45) is 8.72. The molecule has 0 fully saturated rings. The van der Waals surface area contributed by atoms with E-state index >= 15 is 0 Å². The van der Waals surface area contributed by atoms with E-state index in [-0.39, 0.29) is 0 Å². The van der Waals surface area contributed by atoms with Crippen LogP contribution in [0.2, 0.25) is 0 Å². The molecule has 1 atom stereocenters. The van der Waals surface area contributed by atoms with E-state index in [1.165, 1.54) is 65.6 Å². The molecule has 2 heterocycles. The Balaban J connectivity index is 2.04. The Bertz CT molecular complexity index is 657. The molecule has 1 unspecified atom stereocenters. The van der Waals surface area contributed by atoms with E-state index in [0.717, 1.165) is 12.1 Å². The van der Waals surface area contributed by atoms with E-state index in [2.05, 4.69) is 6.92 Å². The molecular weight excluding hydrogens is 252 g/mol. The van der Waals surface area contributed by atoms with Crippen molar-refractivity contribution in [1.82, 2.24) is 4.98 Å². The van der Waals surface area contributed by atoms with Crippen molar-refractivity contribution in [2.24, 2.45) is 0 Å². The van der Waals surface area contributed by atoms with Gasteiger partial charge in [-0.1, -0.05) is 6.92 Å². The number of nitrogen functional groups attached to an aromatic ring is 1. The second kappa shape index (κ2) is 4.20. The fourth-order valence-corrected chi connectivity index (χ4v) is 5.05. The third kappa shape index (κ3) is 1.64. The SMILES string of the molecule is CC1CCCc2c1nc1sc3c(c1c2N)CCCC3. The lowest BCUT2D eigenvalue weighted by Crippen LogP contribution is -2.12. The van der Waals surface area contributed by atoms with Gasteiger partial charge in [-0.05, 0) is 62.0 Å². The minimum atomic E-state index is 0.578. The Morgan fingerprint density at radius 2 is 1.89 bits per heavy atom. The Hall–Kier alpha value is -1.09. The highest BCUT2D eigenvalue weighted by molar-refractivity contribution is 7.19. The first-order chi connectivity index (χ1) is 9.25. The molecular formula is C16H20N2S. The molecule has 2 N–H and O–H groups in total. The van der Waals surface area contributed by atoms with Crippen molar-refractivity contribution in [2.45, 2.75) is 57.8 Å². The number of fused-ring (bicyclic) bond motifs is 4. The topological polar surface area (TPSA) is 38.9 Å². The zero-order chi connectivity index (χ0) is 13.0. The van der Waals surface area contributed by atoms with Gasteiger partial charge in [0.25, 0.3) is 0 Å². The first-order valence-corrected chi connectivity index (χ1v) is 8.30. The molecule has 2 aromatic heterocycles. The van der Waals surface area contributed by atoms with Crippen molar-refractivity contribution in [3.05, 3.63) is 21.7 Å². The van der Waals surface area contributed by atoms with Crippen molar-refractivity contribution >= 4 is 27.2 Å². The van der Waals surface area contributed by atoms with Crippen LogP contribution < -0.4 is 5.73 Å². The van der Waals surface area contributed by atoms with Crippen LogP contribution in [0.25, 0.3) is 10.2 Å². The molecule has 3 heteroatoms. The molecule has 0 spiro atoms. The van der Waals surface area contributed by atoms with Crippen molar-refractivity contribution in [3.63, 3.8) is 0 Å². The molecule has 0 aliphatic heterocycles. The fourth-order valence-electron chi connectivity index (χ4n) is 3.77. The van der Waals surface area contributed by atoms with Crippen molar-refractivity contribution < 1.29 is 0 Å². The molecule has 0 amide bonds. The summed E-state index contributed by atoms with van der Waals surface area (Å²) in [5, 5.41) is 1.31. The number of hydrogen-bond acceptors (Lipinski definition) is 3. The van der Waals surface area contributed by atoms with E-state index in [0.29, 0.717) is 5.92 Å². The first-order valence-electron chi connectivity index (χ1n) is 7.48. The summed E-state index contributed by atoms with van der Waals surface area (Å²) in [4.78, 5) is 7.76. The summed E-state index contributed by atoms with van der Waals surface area (Å²) in [6, 6.07) is 0. The average molecular weight is 272 g/mol. The number of nitrogens with zero attached hydrogens (tertiary/aromatic N) is 1. The summed E-state index contributed by atoms with van der Waals surface area (Å²) < 4.78 is 0. The third-order valence-electron chi connectivity index (χ3n) is 4.81. The number of thiophene rings is 1. The van der Waals surface area contributed by atoms with Crippen LogP contribution in [0.1, 0.15) is 60.2 Å². The number of aryl methyl sites for hydroxylation is 2. The lowest BCUT2D eigenvalue weighted by atomic mass is 9.85. The van der Waals surface area contributed by atoms with Gasteiger partial charge in [0.2, 0.25) is 0 Å². The largest absolute Gasteiger partial charge is 0.398 e. The molecule has 0 radical (unpaired) electrons. The second-order valence-corrected chi connectivity index (χ2v) is 7.16. The number of rotatable bonds is 0. The lowest BCUT2D eigenvalue weighted by molar-refractivity contribution is 0.577. The van der Waals surface area contributed by atoms with Crippen LogP contribution in [0.15, 0.2) is 0 Å². The summed E-state index contributed by atoms with van der Waals surface area (Å²) in [7, 11) is 0. The zero-order valence-electron chi connectivity index (χ0n) is 11.5. The molecule has 0 aromatic carbocycles. The van der Waals surface area contributed by atoms with E-state index in [4.69, 9.17) is 10.7 Å². The maximum atomic E-state index is 6.54. The van der Waals surface area contributed by atoms with Gasteiger partial charge < -0.3 is 5.73 Å². The highest BCUT2D eigenvalue weighted by atomic mass is 32.1. The van der Waals surface area contributed by atoms with Crippen LogP contribution in [0.3, 0.4) is 0 Å². The summed E-state index contributed by atoms with van der Waals surface area (Å²) >= 11 is 1.90. The molecule has 0 bridgehead atoms. The van der Waals surface area contributed by atoms with E-state index in [9.17, 15) is 0 Å². The Labute approximate surface area is 118 Å². The molecule has 0 saturated heterocycles. The van der Waals surface area contributed by atoms with Crippen molar-refractivity contribution in [3.8, 4) is 0 Å². The number of pyridine rings is 1. The minimum absolute atomic E-state index is 0.578. The van der Waals surface area contributed by atoms with Crippen molar-refractivity contribution in [2.75, 3.05) is 5.73 Å². The van der Waals surface area contributed by atoms with Gasteiger partial charge in [-0.3, -0.25) is 0 Å². The minimum Gasteiger partial charge on any atom is -0.398 e. The molecule has 2 aliphatic rings. The Kier molecular flexibility index (Phi) is 2.59. The lowest BCUT2D eigenvalue weighted by Gasteiger charge is -2.23. The Morgan fingerprint density at radius 3 is 2.79 bits per heavy atom. The molecule has 4 rings (SSSR count). The van der Waals surface area contributed by atoms with E-state index in [1.54, 1.807) is 4.88 Å². The van der Waals surface area contributed by atoms with Crippen LogP contribution in [0, 0.1) is 0 Å². The molecule has 2 nitrogen and oxygen atoms in total. The molecule has 0 saturated carbocycles. The number of nitrogens with two attached hydrogens (primary N) is 1. The van der Waals surface area contributed by atoms with Gasteiger partial charge in [0, 0.05) is 16.0 Å². The van der Waals surface area contributed by atoms with Gasteiger partial charge >= 0.3 is 0 Å². The first kappa shape index (κ1) is 11.7. The van der Waals surface area contributed by atoms with Gasteiger partial charge in [0.1, 0.15) is 4.83 Å². The fraction of sp³-hybridized carbons (Fsp3) is 0.562. The summed E-state index contributed by atoms with van der Waals surface area (Å²) in [6.45, 7) is 2.30. The van der Waals surface area contributed by atoms with Gasteiger partial charge in [-0.2, -0.15) is 0 Å². The number of hydrogen-bond donors (Lipinski definition) is 1. The molecule has 2 aromatic rings. The maximum Gasteiger partial charge on any atom is 0.126 e. The van der Waals surface area contributed by atoms with Gasteiger partial charge in [0.15, 0.2) is 0 Å². The predicted molar refractivity (Wildman–Crippen MR) is 82.0 cm³/mol. The van der Waals surface area contributed by atoms with Crippen LogP contribution >= 0.6 is 11.3 Å². The monoisotopic (exact) mass is 272 g/mol. The maximum absolute atomic E-state index is 6.54. The van der Waals surface area contributed by atoms with Gasteiger partial charge in [0.05, 0.1) is 5.69 Å². The van der Waals surface area contributed by atoms with Gasteiger partial charge in [-0.25, -0.2) is 4.98 Å². The zero-order valence-corrected chi connectivity index (χ0v) is 12.3. The van der Waals surface area contributed by atoms with Gasteiger partial charge in [-0.15, -0.1) is 11.3 Å². The van der Waals surface area contributed by atoms with Crippen molar-refractivity contribution in [1.29, 1.82) is 0 Å². The molecule has 19 heavy (non-hydrogen) atoms. The quantitative estimate of drug-likeness (QED) is 0.780. The summed E-state index contributed by atoms with van der Waals surface area (Å²) in [5.74, 6) is 0.578. The second-order valence-electron chi connectivity index (χ2n) is 6.07. The standard InChI is InChI=1S/C16H20N2S/c1-9-5-4-7-11-14(17)13-10-6-2-3-8-12(10)19-16(13)18-15(9)11/h9H,2-8H2,1H3,(H2,17,18). The predicted octanol–water partition coefficient (Wildman–Crippen LogP) is 4.20. The number of aromatic nitrogens is 1. The van der Waals surface area contributed by atoms with Crippen LogP contribution in [-0.4, -0.2) is 4.98 Å². The Morgan fingerprint density at radius 1 is 1.11 bits per heavy atom. The number of anilines is 1. The smallest absolute Gasteiger partial charge is 0.126 e. The third-order valence-corrected chi connectivity index (χ3v) is 5.99. The van der Waals surface area contributed by atoms with Crippen LogP contribution in [0.5, 0.6) is 0 Å². The van der Waals surface area contributed by atoms with Crippen LogP contribution in [0.4, 0.5) is 5.69 Å². The molecule has 2 aliphatic carbocycles. The highest BCUT2D eigenvalue weighted by Crippen LogP contribution is 2.43. The highest BCUT2D eigenvalue weighted by Gasteiger charge is 2.26.